The minimum Gasteiger partial charge on any atom is -0.363 e. The van der Waals surface area contributed by atoms with E-state index in [1.807, 2.05) is 6.07 Å². The van der Waals surface area contributed by atoms with Gasteiger partial charge in [-0.05, 0) is 19.4 Å². The van der Waals surface area contributed by atoms with E-state index in [1.54, 1.807) is 12.4 Å². The normalized spacial score (nSPS) is 10.8. The summed E-state index contributed by atoms with van der Waals surface area (Å²) < 4.78 is 5.23. The summed E-state index contributed by atoms with van der Waals surface area (Å²) in [4.78, 5) is 4.09. The summed E-state index contributed by atoms with van der Waals surface area (Å²) in [5.41, 5.74) is 4.52. The minimum absolute atomic E-state index is 0.721. The molecule has 4 nitrogen and oxygen atoms in total. The highest BCUT2D eigenvalue weighted by atomic mass is 16.5. The molecule has 0 aliphatic rings. The average molecular weight is 253 g/mol. The monoisotopic (exact) mass is 253 g/mol. The molecule has 19 heavy (non-hydrogen) atoms. The molecule has 2 heterocycles. The molecule has 0 aliphatic heterocycles. The van der Waals surface area contributed by atoms with Crippen molar-refractivity contribution in [3.8, 4) is 0 Å². The van der Waals surface area contributed by atoms with Crippen LogP contribution >= 0.6 is 0 Å². The van der Waals surface area contributed by atoms with Gasteiger partial charge in [-0.3, -0.25) is 4.98 Å². The maximum atomic E-state index is 5.23. The largest absolute Gasteiger partial charge is 0.363 e. The number of hydrogen-bond donors (Lipinski definition) is 1. The molecule has 0 radical (unpaired) electrons. The molecule has 0 saturated heterocycles. The number of nitrogens with zero attached hydrogens (tertiary/aromatic N) is 2. The van der Waals surface area contributed by atoms with Gasteiger partial charge in [-0.1, -0.05) is 34.5 Å². The van der Waals surface area contributed by atoms with Crippen LogP contribution in [0.15, 0.2) is 41.2 Å². The molecule has 0 saturated carbocycles. The Morgan fingerprint density at radius 3 is 2.74 bits per heavy atom. The third-order valence-corrected chi connectivity index (χ3v) is 3.01. The van der Waals surface area contributed by atoms with E-state index < -0.39 is 0 Å². The molecule has 0 spiro atoms. The van der Waals surface area contributed by atoms with Crippen LogP contribution < -0.4 is 5.32 Å². The first-order chi connectivity index (χ1) is 9.22. The maximum Gasteiger partial charge on any atom is 0.179 e. The van der Waals surface area contributed by atoms with Gasteiger partial charge in [0.25, 0.3) is 0 Å². The summed E-state index contributed by atoms with van der Waals surface area (Å²) in [6.45, 7) is 4.93. The first-order valence-corrected chi connectivity index (χ1v) is 6.23. The number of rotatable bonds is 3. The van der Waals surface area contributed by atoms with E-state index in [0.29, 0.717) is 0 Å². The van der Waals surface area contributed by atoms with E-state index in [9.17, 15) is 0 Å². The van der Waals surface area contributed by atoms with Crippen LogP contribution in [-0.2, 0) is 6.54 Å². The Hall–Kier alpha value is -2.36. The number of nitrogens with one attached hydrogen (secondary N) is 1. The van der Waals surface area contributed by atoms with Gasteiger partial charge >= 0.3 is 0 Å². The molecule has 0 amide bonds. The summed E-state index contributed by atoms with van der Waals surface area (Å²) in [6.07, 6.45) is 3.46. The SMILES string of the molecule is Cc1cc(C)cc(CNc2noc3ccncc23)c1. The molecule has 0 unspecified atom stereocenters. The van der Waals surface area contributed by atoms with Gasteiger partial charge in [0.15, 0.2) is 11.4 Å². The van der Waals surface area contributed by atoms with Gasteiger partial charge in [0.2, 0.25) is 0 Å². The summed E-state index contributed by atoms with van der Waals surface area (Å²) in [5, 5.41) is 8.23. The lowest BCUT2D eigenvalue weighted by Gasteiger charge is -2.06. The third-order valence-electron chi connectivity index (χ3n) is 3.01. The van der Waals surface area contributed by atoms with Crippen molar-refractivity contribution in [3.63, 3.8) is 0 Å². The van der Waals surface area contributed by atoms with E-state index in [1.165, 1.54) is 16.7 Å². The molecule has 0 fully saturated rings. The fourth-order valence-corrected chi connectivity index (χ4v) is 2.27. The van der Waals surface area contributed by atoms with Crippen LogP contribution in [0.5, 0.6) is 0 Å². The fraction of sp³-hybridized carbons (Fsp3) is 0.200. The smallest absolute Gasteiger partial charge is 0.179 e. The minimum atomic E-state index is 0.721. The lowest BCUT2D eigenvalue weighted by molar-refractivity contribution is 0.459. The van der Waals surface area contributed by atoms with E-state index in [-0.39, 0.29) is 0 Å². The van der Waals surface area contributed by atoms with Crippen LogP contribution in [0, 0.1) is 13.8 Å². The molecule has 3 rings (SSSR count). The maximum absolute atomic E-state index is 5.23. The second-order valence-corrected chi connectivity index (χ2v) is 4.75. The van der Waals surface area contributed by atoms with Crippen molar-refractivity contribution in [1.82, 2.24) is 10.1 Å². The van der Waals surface area contributed by atoms with Crippen LogP contribution in [0.2, 0.25) is 0 Å². The molecule has 1 N–H and O–H groups in total. The zero-order valence-electron chi connectivity index (χ0n) is 11.0. The molecule has 1 aromatic carbocycles. The van der Waals surface area contributed by atoms with E-state index in [4.69, 9.17) is 4.52 Å². The van der Waals surface area contributed by atoms with Crippen molar-refractivity contribution in [3.05, 3.63) is 53.3 Å². The zero-order chi connectivity index (χ0) is 13.2. The van der Waals surface area contributed by atoms with Gasteiger partial charge in [0.05, 0.1) is 5.39 Å². The summed E-state index contributed by atoms with van der Waals surface area (Å²) in [6, 6.07) is 8.31. The highest BCUT2D eigenvalue weighted by molar-refractivity contribution is 5.86. The van der Waals surface area contributed by atoms with Gasteiger partial charge in [-0.2, -0.15) is 0 Å². The highest BCUT2D eigenvalue weighted by Crippen LogP contribution is 2.21. The number of fused-ring (bicyclic) bond motifs is 1. The van der Waals surface area contributed by atoms with E-state index >= 15 is 0 Å². The van der Waals surface area contributed by atoms with Crippen LogP contribution in [-0.4, -0.2) is 10.1 Å². The predicted octanol–water partition coefficient (Wildman–Crippen LogP) is 3.45. The number of aryl methyl sites for hydroxylation is 2. The average Bonchev–Trinajstić information content (AvgIpc) is 2.78. The Balaban J connectivity index is 1.82. The Labute approximate surface area is 111 Å². The number of benzene rings is 1. The predicted molar refractivity (Wildman–Crippen MR) is 75.0 cm³/mol. The van der Waals surface area contributed by atoms with Crippen molar-refractivity contribution < 1.29 is 4.52 Å². The molecule has 0 bridgehead atoms. The summed E-state index contributed by atoms with van der Waals surface area (Å²) in [5.74, 6) is 0.738. The molecular formula is C15H15N3O. The van der Waals surface area contributed by atoms with Crippen LogP contribution in [0.25, 0.3) is 11.0 Å². The van der Waals surface area contributed by atoms with Crippen LogP contribution in [0.4, 0.5) is 5.82 Å². The van der Waals surface area contributed by atoms with Crippen molar-refractivity contribution in [2.24, 2.45) is 0 Å². The molecule has 3 aromatic rings. The molecule has 2 aromatic heterocycles. The molecule has 0 aliphatic carbocycles. The highest BCUT2D eigenvalue weighted by Gasteiger charge is 2.07. The number of pyridine rings is 1. The first-order valence-electron chi connectivity index (χ1n) is 6.23. The number of anilines is 1. The Morgan fingerprint density at radius 2 is 1.95 bits per heavy atom. The van der Waals surface area contributed by atoms with Gasteiger partial charge in [-0.15, -0.1) is 0 Å². The van der Waals surface area contributed by atoms with Gasteiger partial charge < -0.3 is 9.84 Å². The summed E-state index contributed by atoms with van der Waals surface area (Å²) >= 11 is 0. The zero-order valence-corrected chi connectivity index (χ0v) is 11.0. The number of aromatic nitrogens is 2. The van der Waals surface area contributed by atoms with Crippen molar-refractivity contribution in [2.75, 3.05) is 5.32 Å². The van der Waals surface area contributed by atoms with E-state index in [0.717, 1.165) is 23.3 Å². The fourth-order valence-electron chi connectivity index (χ4n) is 2.27. The molecule has 0 atom stereocenters. The number of hydrogen-bond acceptors (Lipinski definition) is 4. The van der Waals surface area contributed by atoms with Crippen molar-refractivity contribution in [1.29, 1.82) is 0 Å². The molecule has 4 heteroatoms. The lowest BCUT2D eigenvalue weighted by atomic mass is 10.1. The second-order valence-electron chi connectivity index (χ2n) is 4.75. The van der Waals surface area contributed by atoms with Crippen LogP contribution in [0.1, 0.15) is 16.7 Å². The molecular weight excluding hydrogens is 238 g/mol. The van der Waals surface area contributed by atoms with Crippen molar-refractivity contribution in [2.45, 2.75) is 20.4 Å². The summed E-state index contributed by atoms with van der Waals surface area (Å²) in [7, 11) is 0. The second kappa shape index (κ2) is 4.72. The van der Waals surface area contributed by atoms with Gasteiger partial charge in [0.1, 0.15) is 0 Å². The Morgan fingerprint density at radius 1 is 1.16 bits per heavy atom. The third kappa shape index (κ3) is 2.42. The van der Waals surface area contributed by atoms with E-state index in [2.05, 4.69) is 47.5 Å². The van der Waals surface area contributed by atoms with Gasteiger partial charge in [0, 0.05) is 25.0 Å². The lowest BCUT2D eigenvalue weighted by Crippen LogP contribution is -2.00. The Bertz CT molecular complexity index is 698. The van der Waals surface area contributed by atoms with Gasteiger partial charge in [-0.25, -0.2) is 0 Å². The topological polar surface area (TPSA) is 51.0 Å². The first kappa shape index (κ1) is 11.7. The van der Waals surface area contributed by atoms with Crippen molar-refractivity contribution >= 4 is 16.8 Å². The Kier molecular flexibility index (Phi) is 2.91. The van der Waals surface area contributed by atoms with Crippen LogP contribution in [0.3, 0.4) is 0 Å². The molecule has 96 valence electrons. The quantitative estimate of drug-likeness (QED) is 0.776. The standard InChI is InChI=1S/C15H15N3O/c1-10-5-11(2)7-12(6-10)8-17-15-13-9-16-4-3-14(13)19-18-15/h3-7,9H,8H2,1-2H3,(H,17,18).